The minimum Gasteiger partial charge on any atom is -0.381 e. The zero-order valence-corrected chi connectivity index (χ0v) is 19.2. The lowest BCUT2D eigenvalue weighted by atomic mass is 9.44. The average molecular weight is 439 g/mol. The molecule has 0 spiro atoms. The standard InChI is InChI=1S/C24H39BrO2/c1-4-27-15-24-12-9-16(2)13-17(24)5-6-18-19-7-8-21(22(26)14-25)23(19,3)11-10-20(18)24/h16-21H,4-15H2,1-3H3. The molecule has 0 N–H and O–H groups in total. The molecule has 0 aromatic heterocycles. The van der Waals surface area contributed by atoms with Crippen molar-refractivity contribution in [2.24, 2.45) is 46.3 Å². The molecule has 2 nitrogen and oxygen atoms in total. The molecular weight excluding hydrogens is 400 g/mol. The molecule has 0 radical (unpaired) electrons. The normalized spacial score (nSPS) is 49.2. The fourth-order valence-electron chi connectivity index (χ4n) is 8.46. The van der Waals surface area contributed by atoms with Crippen molar-refractivity contribution in [2.45, 2.75) is 78.6 Å². The SMILES string of the molecule is CCOCC12CCC(C)CC1CCC1C3CCC(C(=O)CBr)C3(C)CCC12. The maximum absolute atomic E-state index is 12.6. The van der Waals surface area contributed by atoms with E-state index in [4.69, 9.17) is 4.74 Å². The summed E-state index contributed by atoms with van der Waals surface area (Å²) in [7, 11) is 0. The molecule has 154 valence electrons. The Hall–Kier alpha value is 0.110. The van der Waals surface area contributed by atoms with Crippen LogP contribution in [0.1, 0.15) is 78.6 Å². The fourth-order valence-corrected chi connectivity index (χ4v) is 8.85. The maximum Gasteiger partial charge on any atom is 0.147 e. The summed E-state index contributed by atoms with van der Waals surface area (Å²) in [4.78, 5) is 12.6. The van der Waals surface area contributed by atoms with Crippen LogP contribution in [0, 0.1) is 46.3 Å². The van der Waals surface area contributed by atoms with Crippen molar-refractivity contribution in [3.8, 4) is 0 Å². The first-order valence-electron chi connectivity index (χ1n) is 11.6. The number of Topliss-reactive ketones (excluding diaryl/α,β-unsaturated/α-hetero) is 1. The van der Waals surface area contributed by atoms with Gasteiger partial charge in [-0.15, -0.1) is 0 Å². The number of ketones is 1. The smallest absolute Gasteiger partial charge is 0.147 e. The molecule has 27 heavy (non-hydrogen) atoms. The third kappa shape index (κ3) is 3.18. The van der Waals surface area contributed by atoms with Crippen molar-refractivity contribution in [3.63, 3.8) is 0 Å². The monoisotopic (exact) mass is 438 g/mol. The second kappa shape index (κ2) is 7.74. The highest BCUT2D eigenvalue weighted by Crippen LogP contribution is 2.68. The Kier molecular flexibility index (Phi) is 5.85. The average Bonchev–Trinajstić information content (AvgIpc) is 3.03. The molecule has 4 saturated carbocycles. The van der Waals surface area contributed by atoms with Gasteiger partial charge in [-0.3, -0.25) is 4.79 Å². The van der Waals surface area contributed by atoms with E-state index in [1.54, 1.807) is 0 Å². The summed E-state index contributed by atoms with van der Waals surface area (Å²) in [6.07, 6.45) is 12.0. The number of carbonyl (C=O) groups is 1. The second-order valence-corrected chi connectivity index (χ2v) is 11.2. The Balaban J connectivity index is 1.62. The fraction of sp³-hybridized carbons (Fsp3) is 0.958. The van der Waals surface area contributed by atoms with Gasteiger partial charge in [0.25, 0.3) is 0 Å². The van der Waals surface area contributed by atoms with Gasteiger partial charge in [0, 0.05) is 12.5 Å². The van der Waals surface area contributed by atoms with E-state index in [2.05, 4.69) is 36.7 Å². The summed E-state index contributed by atoms with van der Waals surface area (Å²) >= 11 is 3.46. The Morgan fingerprint density at radius 2 is 1.89 bits per heavy atom. The first-order valence-corrected chi connectivity index (χ1v) is 12.7. The lowest BCUT2D eigenvalue weighted by Gasteiger charge is -2.62. The highest BCUT2D eigenvalue weighted by molar-refractivity contribution is 9.09. The minimum atomic E-state index is 0.258. The van der Waals surface area contributed by atoms with Crippen LogP contribution in [0.4, 0.5) is 0 Å². The number of hydrogen-bond acceptors (Lipinski definition) is 2. The van der Waals surface area contributed by atoms with Gasteiger partial charge in [-0.2, -0.15) is 0 Å². The molecule has 4 fully saturated rings. The third-order valence-corrected chi connectivity index (χ3v) is 10.3. The van der Waals surface area contributed by atoms with Crippen LogP contribution in [-0.2, 0) is 9.53 Å². The van der Waals surface area contributed by atoms with Crippen LogP contribution >= 0.6 is 15.9 Å². The van der Waals surface area contributed by atoms with E-state index in [-0.39, 0.29) is 5.41 Å². The third-order valence-electron chi connectivity index (χ3n) is 9.72. The number of halogens is 1. The maximum atomic E-state index is 12.6. The molecular formula is C24H39BrO2. The van der Waals surface area contributed by atoms with Crippen LogP contribution in [-0.4, -0.2) is 24.3 Å². The van der Waals surface area contributed by atoms with Gasteiger partial charge in [-0.05, 0) is 98.7 Å². The van der Waals surface area contributed by atoms with Crippen molar-refractivity contribution in [1.82, 2.24) is 0 Å². The van der Waals surface area contributed by atoms with Gasteiger partial charge in [0.1, 0.15) is 5.78 Å². The topological polar surface area (TPSA) is 26.3 Å². The molecule has 0 bridgehead atoms. The highest BCUT2D eigenvalue weighted by Gasteiger charge is 2.62. The van der Waals surface area contributed by atoms with Crippen molar-refractivity contribution in [3.05, 3.63) is 0 Å². The summed E-state index contributed by atoms with van der Waals surface area (Å²) < 4.78 is 6.17. The predicted molar refractivity (Wildman–Crippen MR) is 114 cm³/mol. The van der Waals surface area contributed by atoms with E-state index in [1.165, 1.54) is 51.4 Å². The van der Waals surface area contributed by atoms with Crippen molar-refractivity contribution < 1.29 is 9.53 Å². The highest BCUT2D eigenvalue weighted by atomic mass is 79.9. The van der Waals surface area contributed by atoms with Gasteiger partial charge in [0.05, 0.1) is 11.9 Å². The summed E-state index contributed by atoms with van der Waals surface area (Å²) in [5.41, 5.74) is 0.692. The number of hydrogen-bond donors (Lipinski definition) is 0. The lowest BCUT2D eigenvalue weighted by Crippen LogP contribution is -2.56. The summed E-state index contributed by atoms with van der Waals surface area (Å²) in [5, 5.41) is 0.544. The molecule has 4 rings (SSSR count). The molecule has 8 unspecified atom stereocenters. The van der Waals surface area contributed by atoms with E-state index < -0.39 is 0 Å². The van der Waals surface area contributed by atoms with E-state index in [9.17, 15) is 4.79 Å². The molecule has 3 heteroatoms. The Morgan fingerprint density at radius 3 is 2.63 bits per heavy atom. The molecule has 0 aromatic carbocycles. The van der Waals surface area contributed by atoms with Crippen LogP contribution in [0.5, 0.6) is 0 Å². The molecule has 0 aliphatic heterocycles. The van der Waals surface area contributed by atoms with Gasteiger partial charge in [0.15, 0.2) is 0 Å². The quantitative estimate of drug-likeness (QED) is 0.473. The Morgan fingerprint density at radius 1 is 1.07 bits per heavy atom. The molecule has 0 saturated heterocycles. The molecule has 4 aliphatic carbocycles. The van der Waals surface area contributed by atoms with Gasteiger partial charge < -0.3 is 4.74 Å². The Labute approximate surface area is 174 Å². The first-order chi connectivity index (χ1) is 13.0. The van der Waals surface area contributed by atoms with Crippen molar-refractivity contribution in [2.75, 3.05) is 18.5 Å². The van der Waals surface area contributed by atoms with Crippen molar-refractivity contribution >= 4 is 21.7 Å². The molecule has 4 aliphatic rings. The van der Waals surface area contributed by atoms with Gasteiger partial charge in [0.2, 0.25) is 0 Å². The summed E-state index contributed by atoms with van der Waals surface area (Å²) in [5.74, 6) is 4.97. The van der Waals surface area contributed by atoms with E-state index in [1.807, 2.05) is 0 Å². The van der Waals surface area contributed by atoms with Crippen LogP contribution in [0.2, 0.25) is 0 Å². The molecule has 8 atom stereocenters. The first kappa shape index (κ1) is 20.4. The number of rotatable bonds is 5. The van der Waals surface area contributed by atoms with Crippen LogP contribution in [0.25, 0.3) is 0 Å². The van der Waals surface area contributed by atoms with Crippen LogP contribution < -0.4 is 0 Å². The van der Waals surface area contributed by atoms with Gasteiger partial charge in [-0.1, -0.05) is 36.2 Å². The summed E-state index contributed by atoms with van der Waals surface area (Å²) in [6, 6.07) is 0. The van der Waals surface area contributed by atoms with E-state index in [0.717, 1.165) is 49.2 Å². The molecule has 0 aromatic rings. The molecule has 0 amide bonds. The minimum absolute atomic E-state index is 0.258. The number of fused-ring (bicyclic) bond motifs is 5. The second-order valence-electron chi connectivity index (χ2n) is 10.7. The zero-order valence-electron chi connectivity index (χ0n) is 17.6. The van der Waals surface area contributed by atoms with Gasteiger partial charge >= 0.3 is 0 Å². The lowest BCUT2D eigenvalue weighted by molar-refractivity contribution is -0.157. The largest absolute Gasteiger partial charge is 0.381 e. The van der Waals surface area contributed by atoms with Gasteiger partial charge in [-0.25, -0.2) is 0 Å². The number of alkyl halides is 1. The van der Waals surface area contributed by atoms with Crippen LogP contribution in [0.15, 0.2) is 0 Å². The summed E-state index contributed by atoms with van der Waals surface area (Å²) in [6.45, 7) is 8.93. The van der Waals surface area contributed by atoms with E-state index in [0.29, 0.717) is 22.4 Å². The number of carbonyl (C=O) groups excluding carboxylic acids is 1. The Bertz CT molecular complexity index is 559. The number of ether oxygens (including phenoxy) is 1. The zero-order chi connectivity index (χ0) is 19.2. The van der Waals surface area contributed by atoms with Crippen LogP contribution in [0.3, 0.4) is 0 Å². The van der Waals surface area contributed by atoms with E-state index >= 15 is 0 Å². The molecule has 0 heterocycles. The predicted octanol–water partition coefficient (Wildman–Crippen LogP) is 6.26. The van der Waals surface area contributed by atoms with Crippen molar-refractivity contribution in [1.29, 1.82) is 0 Å².